The monoisotopic (exact) mass is 294 g/mol. The van der Waals surface area contributed by atoms with E-state index in [9.17, 15) is 9.59 Å². The van der Waals surface area contributed by atoms with E-state index in [1.54, 1.807) is 18.2 Å². The van der Waals surface area contributed by atoms with Gasteiger partial charge in [-0.2, -0.15) is 0 Å². The van der Waals surface area contributed by atoms with Crippen LogP contribution in [0.5, 0.6) is 0 Å². The summed E-state index contributed by atoms with van der Waals surface area (Å²) in [6, 6.07) is 7.20. The van der Waals surface area contributed by atoms with Crippen LogP contribution in [0.15, 0.2) is 34.8 Å². The minimum atomic E-state index is -1.45. The molecule has 0 aromatic heterocycles. The van der Waals surface area contributed by atoms with E-state index in [2.05, 4.69) is 15.9 Å². The van der Waals surface area contributed by atoms with E-state index in [1.807, 2.05) is 6.07 Å². The molecular weight excluding hydrogens is 287 g/mol. The van der Waals surface area contributed by atoms with E-state index in [-0.39, 0.29) is 51.4 Å². The van der Waals surface area contributed by atoms with Gasteiger partial charge in [0.1, 0.15) is 0 Å². The molecule has 0 saturated carbocycles. The van der Waals surface area contributed by atoms with E-state index >= 15 is 0 Å². The zero-order valence-electron chi connectivity index (χ0n) is 7.11. The summed E-state index contributed by atoms with van der Waals surface area (Å²) in [6.07, 6.45) is 2.49. The fourth-order valence-electron chi connectivity index (χ4n) is 0.853. The van der Waals surface area contributed by atoms with E-state index in [0.29, 0.717) is 0 Å². The van der Waals surface area contributed by atoms with Crippen molar-refractivity contribution in [3.8, 4) is 0 Å². The summed E-state index contributed by atoms with van der Waals surface area (Å²) in [5, 5.41) is 8.30. The maximum absolute atomic E-state index is 10.7. The third-order valence-electron chi connectivity index (χ3n) is 1.49. The molecule has 0 aliphatic rings. The molecule has 0 saturated heterocycles. The number of ketones is 1. The van der Waals surface area contributed by atoms with Crippen LogP contribution in [-0.4, -0.2) is 68.2 Å². The third kappa shape index (κ3) is 5.75. The van der Waals surface area contributed by atoms with Crippen LogP contribution in [-0.2, 0) is 9.59 Å². The standard InChI is InChI=1S/C10H7BrO3.K.H/c11-8-3-1-2-7(6-8)4-5-9(12)10(13)14;;/h1-6H,(H,13,14);;/b5-4+;;. The topological polar surface area (TPSA) is 54.4 Å². The summed E-state index contributed by atoms with van der Waals surface area (Å²) in [7, 11) is 0. The second-order valence-electron chi connectivity index (χ2n) is 2.56. The molecule has 15 heavy (non-hydrogen) atoms. The Morgan fingerprint density at radius 3 is 2.53 bits per heavy atom. The van der Waals surface area contributed by atoms with Crippen LogP contribution in [0.3, 0.4) is 0 Å². The molecule has 0 spiro atoms. The molecule has 1 aromatic carbocycles. The fraction of sp³-hybridized carbons (Fsp3) is 0. The van der Waals surface area contributed by atoms with Gasteiger partial charge in [0.2, 0.25) is 0 Å². The van der Waals surface area contributed by atoms with Crippen LogP contribution >= 0.6 is 15.9 Å². The molecule has 1 rings (SSSR count). The first-order valence-electron chi connectivity index (χ1n) is 3.80. The quantitative estimate of drug-likeness (QED) is 0.522. The van der Waals surface area contributed by atoms with E-state index in [1.165, 1.54) is 6.08 Å². The number of rotatable bonds is 3. The minimum absolute atomic E-state index is 0. The number of benzene rings is 1. The van der Waals surface area contributed by atoms with Gasteiger partial charge in [0, 0.05) is 4.47 Å². The normalized spacial score (nSPS) is 9.67. The predicted octanol–water partition coefficient (Wildman–Crippen LogP) is 1.47. The number of carboxylic acids is 1. The number of carboxylic acid groups (broad SMARTS) is 1. The summed E-state index contributed by atoms with van der Waals surface area (Å²) in [4.78, 5) is 20.9. The molecule has 74 valence electrons. The number of hydrogen-bond acceptors (Lipinski definition) is 2. The third-order valence-corrected chi connectivity index (χ3v) is 1.98. The van der Waals surface area contributed by atoms with Gasteiger partial charge in [-0.3, -0.25) is 4.79 Å². The summed E-state index contributed by atoms with van der Waals surface area (Å²) in [5.74, 6) is -2.37. The number of carbonyl (C=O) groups is 2. The second-order valence-corrected chi connectivity index (χ2v) is 3.47. The Morgan fingerprint density at radius 2 is 2.00 bits per heavy atom. The first-order chi connectivity index (χ1) is 6.59. The van der Waals surface area contributed by atoms with Crippen LogP contribution in [0.25, 0.3) is 6.08 Å². The maximum atomic E-state index is 10.7. The van der Waals surface area contributed by atoms with Gasteiger partial charge in [-0.1, -0.05) is 34.1 Å². The average molecular weight is 295 g/mol. The van der Waals surface area contributed by atoms with Crippen molar-refractivity contribution in [3.05, 3.63) is 40.4 Å². The molecule has 0 atom stereocenters. The first-order valence-corrected chi connectivity index (χ1v) is 4.60. The van der Waals surface area contributed by atoms with Gasteiger partial charge >= 0.3 is 57.4 Å². The van der Waals surface area contributed by atoms with Crippen molar-refractivity contribution < 1.29 is 14.7 Å². The molecule has 1 N–H and O–H groups in total. The van der Waals surface area contributed by atoms with Crippen molar-refractivity contribution in [3.63, 3.8) is 0 Å². The van der Waals surface area contributed by atoms with Crippen molar-refractivity contribution >= 4 is 85.1 Å². The number of halogens is 1. The van der Waals surface area contributed by atoms with E-state index in [4.69, 9.17) is 5.11 Å². The average Bonchev–Trinajstić information content (AvgIpc) is 2.14. The number of aliphatic carboxylic acids is 1. The van der Waals surface area contributed by atoms with Crippen molar-refractivity contribution in [2.75, 3.05) is 0 Å². The number of hydrogen-bond donors (Lipinski definition) is 1. The molecule has 0 unspecified atom stereocenters. The SMILES string of the molecule is O=C(O)C(=O)/C=C/c1cccc(Br)c1.[KH]. The Labute approximate surface area is 138 Å². The summed E-state index contributed by atoms with van der Waals surface area (Å²) < 4.78 is 0.877. The van der Waals surface area contributed by atoms with Crippen LogP contribution in [0, 0.1) is 0 Å². The van der Waals surface area contributed by atoms with Crippen LogP contribution < -0.4 is 0 Å². The van der Waals surface area contributed by atoms with Gasteiger partial charge in [0.05, 0.1) is 0 Å². The zero-order chi connectivity index (χ0) is 10.6. The van der Waals surface area contributed by atoms with Gasteiger partial charge in [-0.25, -0.2) is 4.79 Å². The zero-order valence-corrected chi connectivity index (χ0v) is 8.69. The van der Waals surface area contributed by atoms with Crippen LogP contribution in [0.4, 0.5) is 0 Å². The van der Waals surface area contributed by atoms with Gasteiger partial charge in [0.15, 0.2) is 0 Å². The van der Waals surface area contributed by atoms with Crippen LogP contribution in [0.2, 0.25) is 0 Å². The summed E-state index contributed by atoms with van der Waals surface area (Å²) >= 11 is 3.26. The molecule has 3 nitrogen and oxygen atoms in total. The summed E-state index contributed by atoms with van der Waals surface area (Å²) in [5.41, 5.74) is 0.772. The Kier molecular flexibility index (Phi) is 7.59. The molecule has 0 amide bonds. The van der Waals surface area contributed by atoms with Crippen molar-refractivity contribution in [2.45, 2.75) is 0 Å². The van der Waals surface area contributed by atoms with Gasteiger partial charge < -0.3 is 5.11 Å². The molecule has 0 heterocycles. The fourth-order valence-corrected chi connectivity index (χ4v) is 1.27. The second kappa shape index (κ2) is 7.48. The van der Waals surface area contributed by atoms with Gasteiger partial charge in [0.25, 0.3) is 5.78 Å². The molecule has 0 bridgehead atoms. The van der Waals surface area contributed by atoms with Crippen molar-refractivity contribution in [2.24, 2.45) is 0 Å². The molecule has 0 aliphatic carbocycles. The Hall–Kier alpha value is 0.216. The molecule has 5 heteroatoms. The Morgan fingerprint density at radius 1 is 1.33 bits per heavy atom. The van der Waals surface area contributed by atoms with Crippen molar-refractivity contribution in [1.82, 2.24) is 0 Å². The Balaban J connectivity index is 0.00000196. The molecule has 0 fully saturated rings. The molecular formula is C10H8BrKO3. The van der Waals surface area contributed by atoms with E-state index in [0.717, 1.165) is 16.1 Å². The summed E-state index contributed by atoms with van der Waals surface area (Å²) in [6.45, 7) is 0. The van der Waals surface area contributed by atoms with E-state index < -0.39 is 11.8 Å². The first kappa shape index (κ1) is 15.2. The predicted molar refractivity (Wildman–Crippen MR) is 63.0 cm³/mol. The van der Waals surface area contributed by atoms with Gasteiger partial charge in [-0.05, 0) is 23.8 Å². The molecule has 1 aromatic rings. The van der Waals surface area contributed by atoms with Crippen molar-refractivity contribution in [1.29, 1.82) is 0 Å². The Bertz CT molecular complexity index is 401. The number of carbonyl (C=O) groups excluding carboxylic acids is 1. The van der Waals surface area contributed by atoms with Gasteiger partial charge in [-0.15, -0.1) is 0 Å². The molecule has 0 radical (unpaired) electrons. The molecule has 0 aliphatic heterocycles. The van der Waals surface area contributed by atoms with Crippen LogP contribution in [0.1, 0.15) is 5.56 Å².